The molecule has 1 N–H and O–H groups in total. The van der Waals surface area contributed by atoms with Gasteiger partial charge in [-0.3, -0.25) is 4.90 Å². The lowest BCUT2D eigenvalue weighted by atomic mass is 9.86. The first-order valence-electron chi connectivity index (χ1n) is 7.05. The van der Waals surface area contributed by atoms with Crippen molar-refractivity contribution in [2.24, 2.45) is 5.16 Å². The quantitative estimate of drug-likeness (QED) is 0.513. The van der Waals surface area contributed by atoms with Crippen molar-refractivity contribution < 1.29 is 5.21 Å². The van der Waals surface area contributed by atoms with Gasteiger partial charge in [-0.2, -0.15) is 0 Å². The molecule has 0 amide bonds. The summed E-state index contributed by atoms with van der Waals surface area (Å²) in [5, 5.41) is 12.4. The SMILES string of the molecule is CC(=NO)C(C)(C)N1CCC(c2ccccc2)CC1. The Morgan fingerprint density at radius 2 is 1.79 bits per heavy atom. The van der Waals surface area contributed by atoms with E-state index in [1.165, 1.54) is 18.4 Å². The Labute approximate surface area is 115 Å². The molecule has 0 bridgehead atoms. The molecule has 1 heterocycles. The van der Waals surface area contributed by atoms with Crippen molar-refractivity contribution in [3.05, 3.63) is 35.9 Å². The van der Waals surface area contributed by atoms with Gasteiger partial charge in [0.1, 0.15) is 0 Å². The van der Waals surface area contributed by atoms with Gasteiger partial charge in [0.25, 0.3) is 0 Å². The maximum atomic E-state index is 8.99. The number of hydrogen-bond donors (Lipinski definition) is 1. The predicted molar refractivity (Wildman–Crippen MR) is 79.0 cm³/mol. The fraction of sp³-hybridized carbons (Fsp3) is 0.562. The minimum Gasteiger partial charge on any atom is -0.411 e. The Morgan fingerprint density at radius 1 is 1.21 bits per heavy atom. The molecule has 1 saturated heterocycles. The Balaban J connectivity index is 2.00. The summed E-state index contributed by atoms with van der Waals surface area (Å²) in [6.45, 7) is 8.26. The highest BCUT2D eigenvalue weighted by molar-refractivity contribution is 5.90. The molecule has 0 aliphatic carbocycles. The van der Waals surface area contributed by atoms with Gasteiger partial charge in [0.15, 0.2) is 0 Å². The van der Waals surface area contributed by atoms with E-state index in [2.05, 4.69) is 54.2 Å². The van der Waals surface area contributed by atoms with Gasteiger partial charge in [-0.15, -0.1) is 0 Å². The molecule has 3 nitrogen and oxygen atoms in total. The molecular formula is C16H24N2O. The van der Waals surface area contributed by atoms with Crippen LogP contribution in [0, 0.1) is 0 Å². The molecule has 1 fully saturated rings. The van der Waals surface area contributed by atoms with Crippen LogP contribution >= 0.6 is 0 Å². The minimum atomic E-state index is -0.156. The number of hydrogen-bond acceptors (Lipinski definition) is 3. The van der Waals surface area contributed by atoms with Crippen LogP contribution in [-0.2, 0) is 0 Å². The van der Waals surface area contributed by atoms with Crippen LogP contribution in [0.25, 0.3) is 0 Å². The lowest BCUT2D eigenvalue weighted by molar-refractivity contribution is 0.132. The lowest BCUT2D eigenvalue weighted by Gasteiger charge is -2.42. The number of benzene rings is 1. The highest BCUT2D eigenvalue weighted by atomic mass is 16.4. The molecule has 0 radical (unpaired) electrons. The molecule has 1 aliphatic rings. The van der Waals surface area contributed by atoms with Gasteiger partial charge in [0, 0.05) is 0 Å². The molecule has 0 unspecified atom stereocenters. The van der Waals surface area contributed by atoms with E-state index in [0.717, 1.165) is 18.8 Å². The van der Waals surface area contributed by atoms with E-state index in [0.29, 0.717) is 5.92 Å². The van der Waals surface area contributed by atoms with Crippen LogP contribution in [0.5, 0.6) is 0 Å². The second kappa shape index (κ2) is 5.74. The molecule has 0 saturated carbocycles. The normalized spacial score (nSPS) is 19.6. The van der Waals surface area contributed by atoms with Crippen molar-refractivity contribution in [2.75, 3.05) is 13.1 Å². The molecule has 1 aliphatic heterocycles. The molecule has 0 atom stereocenters. The molecular weight excluding hydrogens is 236 g/mol. The molecule has 0 aromatic heterocycles. The fourth-order valence-electron chi connectivity index (χ4n) is 2.85. The highest BCUT2D eigenvalue weighted by Crippen LogP contribution is 2.31. The van der Waals surface area contributed by atoms with Crippen molar-refractivity contribution in [1.29, 1.82) is 0 Å². The van der Waals surface area contributed by atoms with E-state index in [1.54, 1.807) is 0 Å². The average molecular weight is 260 g/mol. The summed E-state index contributed by atoms with van der Waals surface area (Å²) in [7, 11) is 0. The summed E-state index contributed by atoms with van der Waals surface area (Å²) in [6.07, 6.45) is 2.35. The van der Waals surface area contributed by atoms with Crippen LogP contribution < -0.4 is 0 Å². The first-order valence-corrected chi connectivity index (χ1v) is 7.05. The summed E-state index contributed by atoms with van der Waals surface area (Å²) in [5.41, 5.74) is 2.08. The first-order chi connectivity index (χ1) is 9.05. The van der Waals surface area contributed by atoms with Gasteiger partial charge < -0.3 is 5.21 Å². The minimum absolute atomic E-state index is 0.156. The smallest absolute Gasteiger partial charge is 0.0736 e. The van der Waals surface area contributed by atoms with Crippen molar-refractivity contribution in [2.45, 2.75) is 45.1 Å². The Kier molecular flexibility index (Phi) is 4.25. The molecule has 0 spiro atoms. The predicted octanol–water partition coefficient (Wildman–Crippen LogP) is 3.49. The second-order valence-electron chi connectivity index (χ2n) is 5.92. The molecule has 1 aromatic carbocycles. The third-order valence-electron chi connectivity index (χ3n) is 4.59. The Hall–Kier alpha value is -1.35. The van der Waals surface area contributed by atoms with Crippen molar-refractivity contribution in [3.63, 3.8) is 0 Å². The van der Waals surface area contributed by atoms with Crippen molar-refractivity contribution in [1.82, 2.24) is 4.90 Å². The van der Waals surface area contributed by atoms with Gasteiger partial charge in [0.2, 0.25) is 0 Å². The Morgan fingerprint density at radius 3 is 2.32 bits per heavy atom. The van der Waals surface area contributed by atoms with Crippen LogP contribution in [0.3, 0.4) is 0 Å². The van der Waals surface area contributed by atoms with Crippen molar-refractivity contribution >= 4 is 5.71 Å². The average Bonchev–Trinajstić information content (AvgIpc) is 2.47. The summed E-state index contributed by atoms with van der Waals surface area (Å²) in [4.78, 5) is 2.42. The standard InChI is InChI=1S/C16H24N2O/c1-13(17-19)16(2,3)18-11-9-15(10-12-18)14-7-5-4-6-8-14/h4-8,15,19H,9-12H2,1-3H3. The molecule has 104 valence electrons. The van der Waals surface area contributed by atoms with Gasteiger partial charge in [-0.05, 0) is 58.2 Å². The second-order valence-corrected chi connectivity index (χ2v) is 5.92. The summed E-state index contributed by atoms with van der Waals surface area (Å²) < 4.78 is 0. The number of likely N-dealkylation sites (tertiary alicyclic amines) is 1. The van der Waals surface area contributed by atoms with Crippen LogP contribution in [0.2, 0.25) is 0 Å². The van der Waals surface area contributed by atoms with Crippen LogP contribution in [-0.4, -0.2) is 34.4 Å². The number of nitrogens with zero attached hydrogens (tertiary/aromatic N) is 2. The zero-order valence-electron chi connectivity index (χ0n) is 12.1. The maximum Gasteiger partial charge on any atom is 0.0736 e. The number of piperidine rings is 1. The van der Waals surface area contributed by atoms with Crippen LogP contribution in [0.4, 0.5) is 0 Å². The van der Waals surface area contributed by atoms with E-state index in [4.69, 9.17) is 5.21 Å². The van der Waals surface area contributed by atoms with E-state index in [1.807, 2.05) is 6.92 Å². The van der Waals surface area contributed by atoms with Crippen LogP contribution in [0.1, 0.15) is 45.1 Å². The van der Waals surface area contributed by atoms with Crippen molar-refractivity contribution in [3.8, 4) is 0 Å². The molecule has 3 heteroatoms. The van der Waals surface area contributed by atoms with Gasteiger partial charge in [-0.1, -0.05) is 35.5 Å². The summed E-state index contributed by atoms with van der Waals surface area (Å²) >= 11 is 0. The molecule has 19 heavy (non-hydrogen) atoms. The topological polar surface area (TPSA) is 35.8 Å². The lowest BCUT2D eigenvalue weighted by Crippen LogP contribution is -2.52. The van der Waals surface area contributed by atoms with E-state index >= 15 is 0 Å². The summed E-state index contributed by atoms with van der Waals surface area (Å²) in [6, 6.07) is 10.8. The maximum absolute atomic E-state index is 8.99. The third kappa shape index (κ3) is 2.98. The first kappa shape index (κ1) is 14.1. The van der Waals surface area contributed by atoms with Gasteiger partial charge >= 0.3 is 0 Å². The third-order valence-corrected chi connectivity index (χ3v) is 4.59. The zero-order valence-corrected chi connectivity index (χ0v) is 12.1. The van der Waals surface area contributed by atoms with Crippen LogP contribution in [0.15, 0.2) is 35.5 Å². The van der Waals surface area contributed by atoms with E-state index < -0.39 is 0 Å². The summed E-state index contributed by atoms with van der Waals surface area (Å²) in [5.74, 6) is 0.666. The van der Waals surface area contributed by atoms with Gasteiger partial charge in [0.05, 0.1) is 11.3 Å². The number of rotatable bonds is 3. The highest BCUT2D eigenvalue weighted by Gasteiger charge is 2.33. The van der Waals surface area contributed by atoms with Gasteiger partial charge in [-0.25, -0.2) is 0 Å². The Bertz CT molecular complexity index is 431. The number of oxime groups is 1. The fourth-order valence-corrected chi connectivity index (χ4v) is 2.85. The van der Waals surface area contributed by atoms with E-state index in [9.17, 15) is 0 Å². The largest absolute Gasteiger partial charge is 0.411 e. The van der Waals surface area contributed by atoms with E-state index in [-0.39, 0.29) is 5.54 Å². The zero-order chi connectivity index (χ0) is 13.9. The molecule has 1 aromatic rings. The monoisotopic (exact) mass is 260 g/mol. The molecule has 2 rings (SSSR count).